The number of nitrogens with zero attached hydrogens (tertiary/aromatic N) is 2. The fourth-order valence-corrected chi connectivity index (χ4v) is 3.92. The summed E-state index contributed by atoms with van der Waals surface area (Å²) >= 11 is 0. The molecule has 4 nitrogen and oxygen atoms in total. The van der Waals surface area contributed by atoms with E-state index in [0.717, 1.165) is 47.4 Å². The molecular formula is C25H28N2O2. The van der Waals surface area contributed by atoms with Crippen LogP contribution in [0, 0.1) is 0 Å². The maximum Gasteiger partial charge on any atom is 0.129 e. The monoisotopic (exact) mass is 388 g/mol. The van der Waals surface area contributed by atoms with Gasteiger partial charge in [0.2, 0.25) is 0 Å². The summed E-state index contributed by atoms with van der Waals surface area (Å²) in [5.41, 5.74) is 3.75. The molecule has 0 spiro atoms. The summed E-state index contributed by atoms with van der Waals surface area (Å²) in [6.45, 7) is 3.85. The molecule has 1 heterocycles. The summed E-state index contributed by atoms with van der Waals surface area (Å²) in [6, 6.07) is 22.5. The summed E-state index contributed by atoms with van der Waals surface area (Å²) in [5, 5.41) is 16.3. The number of benzene rings is 3. The summed E-state index contributed by atoms with van der Waals surface area (Å²) in [5.74, 6) is 0. The molecule has 0 amide bonds. The maximum atomic E-state index is 9.36. The maximum absolute atomic E-state index is 9.36. The van der Waals surface area contributed by atoms with Gasteiger partial charge in [0.25, 0.3) is 0 Å². The third kappa shape index (κ3) is 4.84. The highest BCUT2D eigenvalue weighted by molar-refractivity contribution is 6.19. The fourth-order valence-electron chi connectivity index (χ4n) is 3.92. The number of fused-ring (bicyclic) bond motifs is 1. The molecule has 0 aromatic heterocycles. The summed E-state index contributed by atoms with van der Waals surface area (Å²) < 4.78 is 0. The van der Waals surface area contributed by atoms with Crippen LogP contribution in [-0.2, 0) is 11.4 Å². The van der Waals surface area contributed by atoms with Gasteiger partial charge in [-0.15, -0.1) is 0 Å². The standard InChI is InChI=1S/C25H28N2O2/c28-19-20-11-13-22(14-12-20)25(26-29-18-17-27-15-4-1-5-16-27)24-10-6-8-21-7-2-3-9-23(21)24/h2-3,6-14,28H,1,4-5,15-19H2/b26-25-. The van der Waals surface area contributed by atoms with Crippen LogP contribution in [0.1, 0.15) is 36.0 Å². The molecule has 0 aliphatic carbocycles. The highest BCUT2D eigenvalue weighted by atomic mass is 16.6. The minimum absolute atomic E-state index is 0.0351. The first-order valence-corrected chi connectivity index (χ1v) is 10.5. The second-order valence-electron chi connectivity index (χ2n) is 7.56. The second kappa shape index (κ2) is 9.68. The molecule has 1 saturated heterocycles. The van der Waals surface area contributed by atoms with Crippen LogP contribution in [0.3, 0.4) is 0 Å². The van der Waals surface area contributed by atoms with Gasteiger partial charge in [-0.3, -0.25) is 4.90 Å². The molecule has 4 heteroatoms. The van der Waals surface area contributed by atoms with E-state index in [1.54, 1.807) is 0 Å². The number of rotatable bonds is 7. The van der Waals surface area contributed by atoms with Gasteiger partial charge >= 0.3 is 0 Å². The smallest absolute Gasteiger partial charge is 0.129 e. The second-order valence-corrected chi connectivity index (χ2v) is 7.56. The first-order chi connectivity index (χ1) is 14.3. The Hall–Kier alpha value is -2.69. The lowest BCUT2D eigenvalue weighted by atomic mass is 9.96. The van der Waals surface area contributed by atoms with Gasteiger partial charge in [-0.25, -0.2) is 0 Å². The lowest BCUT2D eigenvalue weighted by Crippen LogP contribution is -2.32. The van der Waals surface area contributed by atoms with Gasteiger partial charge in [-0.05, 0) is 42.3 Å². The van der Waals surface area contributed by atoms with Crippen LogP contribution >= 0.6 is 0 Å². The Kier molecular flexibility index (Phi) is 6.55. The molecule has 1 N–H and O–H groups in total. The van der Waals surface area contributed by atoms with Crippen LogP contribution in [0.15, 0.2) is 71.9 Å². The SMILES string of the molecule is OCc1ccc(/C(=N/OCCN2CCCCC2)c2cccc3ccccc23)cc1. The number of likely N-dealkylation sites (tertiary alicyclic amines) is 1. The van der Waals surface area contributed by atoms with Gasteiger partial charge in [-0.2, -0.15) is 0 Å². The molecule has 0 unspecified atom stereocenters. The first kappa shape index (κ1) is 19.6. The molecule has 0 saturated carbocycles. The van der Waals surface area contributed by atoms with E-state index in [9.17, 15) is 5.11 Å². The topological polar surface area (TPSA) is 45.1 Å². The lowest BCUT2D eigenvalue weighted by molar-refractivity contribution is 0.103. The van der Waals surface area contributed by atoms with E-state index in [4.69, 9.17) is 4.84 Å². The average molecular weight is 389 g/mol. The van der Waals surface area contributed by atoms with Gasteiger partial charge in [0.1, 0.15) is 12.3 Å². The number of hydrogen-bond acceptors (Lipinski definition) is 4. The van der Waals surface area contributed by atoms with Crippen LogP contribution in [0.25, 0.3) is 10.8 Å². The van der Waals surface area contributed by atoms with E-state index in [1.165, 1.54) is 24.6 Å². The van der Waals surface area contributed by atoms with Crippen LogP contribution in [0.2, 0.25) is 0 Å². The molecule has 0 atom stereocenters. The van der Waals surface area contributed by atoms with Gasteiger partial charge in [0.15, 0.2) is 0 Å². The Bertz CT molecular complexity index is 955. The Balaban J connectivity index is 1.61. The minimum Gasteiger partial charge on any atom is -0.394 e. The average Bonchev–Trinajstić information content (AvgIpc) is 2.80. The largest absolute Gasteiger partial charge is 0.394 e. The van der Waals surface area contributed by atoms with Gasteiger partial charge in [0, 0.05) is 17.7 Å². The van der Waals surface area contributed by atoms with E-state index in [0.29, 0.717) is 6.61 Å². The van der Waals surface area contributed by atoms with Crippen molar-refractivity contribution in [2.75, 3.05) is 26.2 Å². The number of hydrogen-bond donors (Lipinski definition) is 1. The van der Waals surface area contributed by atoms with Crippen LogP contribution in [-0.4, -0.2) is 42.0 Å². The first-order valence-electron chi connectivity index (χ1n) is 10.5. The Morgan fingerprint density at radius 1 is 0.897 bits per heavy atom. The Labute approximate surface area is 172 Å². The van der Waals surface area contributed by atoms with Crippen molar-refractivity contribution in [2.45, 2.75) is 25.9 Å². The molecule has 3 aromatic rings. The van der Waals surface area contributed by atoms with Crippen molar-refractivity contribution < 1.29 is 9.94 Å². The number of aliphatic hydroxyl groups is 1. The zero-order valence-electron chi connectivity index (χ0n) is 16.8. The van der Waals surface area contributed by atoms with E-state index >= 15 is 0 Å². The third-order valence-electron chi connectivity index (χ3n) is 5.56. The van der Waals surface area contributed by atoms with Crippen molar-refractivity contribution in [3.8, 4) is 0 Å². The molecule has 0 radical (unpaired) electrons. The van der Waals surface area contributed by atoms with Crippen molar-refractivity contribution in [2.24, 2.45) is 5.16 Å². The van der Waals surface area contributed by atoms with Crippen molar-refractivity contribution in [1.29, 1.82) is 0 Å². The van der Waals surface area contributed by atoms with Crippen molar-refractivity contribution in [1.82, 2.24) is 4.90 Å². The normalized spacial score (nSPS) is 15.6. The minimum atomic E-state index is 0.0351. The molecule has 4 rings (SSSR count). The van der Waals surface area contributed by atoms with Gasteiger partial charge in [0.05, 0.1) is 6.61 Å². The van der Waals surface area contributed by atoms with Crippen LogP contribution in [0.5, 0.6) is 0 Å². The molecular weight excluding hydrogens is 360 g/mol. The van der Waals surface area contributed by atoms with E-state index in [1.807, 2.05) is 30.3 Å². The van der Waals surface area contributed by atoms with Crippen molar-refractivity contribution in [3.63, 3.8) is 0 Å². The summed E-state index contributed by atoms with van der Waals surface area (Å²) in [4.78, 5) is 8.26. The highest BCUT2D eigenvalue weighted by Gasteiger charge is 2.13. The Morgan fingerprint density at radius 3 is 2.45 bits per heavy atom. The van der Waals surface area contributed by atoms with Crippen molar-refractivity contribution in [3.05, 3.63) is 83.4 Å². The number of oxime groups is 1. The number of aliphatic hydroxyl groups excluding tert-OH is 1. The molecule has 29 heavy (non-hydrogen) atoms. The fraction of sp³-hybridized carbons (Fsp3) is 0.320. The lowest BCUT2D eigenvalue weighted by Gasteiger charge is -2.25. The highest BCUT2D eigenvalue weighted by Crippen LogP contribution is 2.22. The predicted molar refractivity (Wildman–Crippen MR) is 118 cm³/mol. The zero-order valence-corrected chi connectivity index (χ0v) is 16.8. The van der Waals surface area contributed by atoms with E-state index in [2.05, 4.69) is 46.5 Å². The molecule has 0 bridgehead atoms. The molecule has 3 aromatic carbocycles. The van der Waals surface area contributed by atoms with Crippen molar-refractivity contribution >= 4 is 16.5 Å². The number of piperidine rings is 1. The van der Waals surface area contributed by atoms with E-state index in [-0.39, 0.29) is 6.61 Å². The molecule has 150 valence electrons. The quantitative estimate of drug-likeness (QED) is 0.366. The Morgan fingerprint density at radius 2 is 1.66 bits per heavy atom. The molecule has 1 fully saturated rings. The zero-order chi connectivity index (χ0) is 19.9. The third-order valence-corrected chi connectivity index (χ3v) is 5.56. The molecule has 1 aliphatic rings. The summed E-state index contributed by atoms with van der Waals surface area (Å²) in [6.07, 6.45) is 3.90. The van der Waals surface area contributed by atoms with Crippen LogP contribution in [0.4, 0.5) is 0 Å². The molecule has 1 aliphatic heterocycles. The van der Waals surface area contributed by atoms with E-state index < -0.39 is 0 Å². The van der Waals surface area contributed by atoms with Gasteiger partial charge in [-0.1, -0.05) is 78.3 Å². The predicted octanol–water partition coefficient (Wildman–Crippen LogP) is 4.59. The van der Waals surface area contributed by atoms with Crippen LogP contribution < -0.4 is 0 Å². The summed E-state index contributed by atoms with van der Waals surface area (Å²) in [7, 11) is 0. The van der Waals surface area contributed by atoms with Gasteiger partial charge < -0.3 is 9.94 Å².